The van der Waals surface area contributed by atoms with E-state index in [0.29, 0.717) is 29.7 Å². The molecule has 6 heterocycles. The maximum absolute atomic E-state index is 14.8. The third-order valence-electron chi connectivity index (χ3n) is 7.74. The van der Waals surface area contributed by atoms with E-state index in [4.69, 9.17) is 9.72 Å². The third-order valence-corrected chi connectivity index (χ3v) is 7.74. The molecule has 0 atom stereocenters. The number of benzene rings is 1. The topological polar surface area (TPSA) is 108 Å². The highest BCUT2D eigenvalue weighted by molar-refractivity contribution is 5.99. The Kier molecular flexibility index (Phi) is 7.20. The summed E-state index contributed by atoms with van der Waals surface area (Å²) in [4.78, 5) is 19.7. The molecule has 1 aliphatic rings. The number of rotatable bonds is 9. The van der Waals surface area contributed by atoms with Gasteiger partial charge in [0.2, 0.25) is 0 Å². The molecule has 0 aliphatic carbocycles. The maximum Gasteiger partial charge on any atom is 0.138 e. The van der Waals surface area contributed by atoms with E-state index < -0.39 is 0 Å². The zero-order valence-corrected chi connectivity index (χ0v) is 24.2. The van der Waals surface area contributed by atoms with Gasteiger partial charge in [0.25, 0.3) is 0 Å². The van der Waals surface area contributed by atoms with Crippen molar-refractivity contribution >= 4 is 27.8 Å². The van der Waals surface area contributed by atoms with Crippen molar-refractivity contribution in [3.05, 3.63) is 72.9 Å². The fraction of sp³-hybridized carbons (Fsp3) is 0.273. The Labute approximate surface area is 248 Å². The second kappa shape index (κ2) is 11.4. The van der Waals surface area contributed by atoms with Crippen LogP contribution < -0.4 is 10.1 Å². The fourth-order valence-electron chi connectivity index (χ4n) is 5.75. The molecular formula is C33H33FN8O. The highest BCUT2D eigenvalue weighted by Crippen LogP contribution is 2.35. The van der Waals surface area contributed by atoms with Crippen LogP contribution in [0, 0.1) is 5.82 Å². The van der Waals surface area contributed by atoms with Crippen LogP contribution in [0.25, 0.3) is 55.8 Å². The smallest absolute Gasteiger partial charge is 0.138 e. The summed E-state index contributed by atoms with van der Waals surface area (Å²) in [5.41, 5.74) is 7.88. The fourth-order valence-corrected chi connectivity index (χ4v) is 5.75. The lowest BCUT2D eigenvalue weighted by atomic mass is 10.0. The number of anilines is 1. The molecule has 1 saturated heterocycles. The first-order chi connectivity index (χ1) is 21.0. The Hall–Kier alpha value is -4.83. The summed E-state index contributed by atoms with van der Waals surface area (Å²) in [5.74, 6) is 0.179. The Morgan fingerprint density at radius 2 is 1.91 bits per heavy atom. The average molecular weight is 577 g/mol. The summed E-state index contributed by atoms with van der Waals surface area (Å²) in [7, 11) is 0. The van der Waals surface area contributed by atoms with Gasteiger partial charge in [-0.15, -0.1) is 0 Å². The van der Waals surface area contributed by atoms with E-state index >= 15 is 0 Å². The van der Waals surface area contributed by atoms with E-state index in [-0.39, 0.29) is 5.82 Å². The highest BCUT2D eigenvalue weighted by atomic mass is 19.1. The summed E-state index contributed by atoms with van der Waals surface area (Å²) in [5, 5.41) is 11.9. The molecule has 10 heteroatoms. The number of nitrogens with zero attached hydrogens (tertiary/aromatic N) is 5. The lowest BCUT2D eigenvalue weighted by molar-refractivity contribution is 0.237. The van der Waals surface area contributed by atoms with Crippen molar-refractivity contribution in [2.24, 2.45) is 0 Å². The Morgan fingerprint density at radius 3 is 2.77 bits per heavy atom. The Balaban J connectivity index is 1.21. The van der Waals surface area contributed by atoms with Crippen molar-refractivity contribution in [1.29, 1.82) is 0 Å². The van der Waals surface area contributed by atoms with Gasteiger partial charge in [0.1, 0.15) is 35.0 Å². The molecule has 1 aromatic carbocycles. The predicted octanol–water partition coefficient (Wildman–Crippen LogP) is 6.66. The van der Waals surface area contributed by atoms with Gasteiger partial charge in [-0.1, -0.05) is 0 Å². The molecule has 0 bridgehead atoms. The summed E-state index contributed by atoms with van der Waals surface area (Å²) >= 11 is 0. The van der Waals surface area contributed by atoms with Crippen LogP contribution in [0.1, 0.15) is 26.7 Å². The first-order valence-electron chi connectivity index (χ1n) is 14.7. The number of halogens is 1. The predicted molar refractivity (Wildman–Crippen MR) is 168 cm³/mol. The van der Waals surface area contributed by atoms with E-state index in [0.717, 1.165) is 69.8 Å². The molecule has 218 valence electrons. The first kappa shape index (κ1) is 27.0. The minimum atomic E-state index is -0.341. The van der Waals surface area contributed by atoms with E-state index in [9.17, 15) is 4.39 Å². The van der Waals surface area contributed by atoms with Gasteiger partial charge in [-0.05, 0) is 93.4 Å². The number of H-pyrrole nitrogens is 2. The van der Waals surface area contributed by atoms with Gasteiger partial charge >= 0.3 is 0 Å². The minimum absolute atomic E-state index is 0.291. The van der Waals surface area contributed by atoms with Crippen LogP contribution in [0.4, 0.5) is 10.1 Å². The molecule has 9 nitrogen and oxygen atoms in total. The van der Waals surface area contributed by atoms with Crippen molar-refractivity contribution in [3.8, 4) is 39.5 Å². The van der Waals surface area contributed by atoms with Gasteiger partial charge in [0.15, 0.2) is 0 Å². The van der Waals surface area contributed by atoms with Gasteiger partial charge in [-0.25, -0.2) is 14.4 Å². The SMILES string of the molecule is CC(C)Nc1cncc(-c2ccc3[nH]nc(-c4cc5c(-c6cc(F)cc(OCCN7CCCC7)c6)ccnc5[nH]4)c3n2)c1. The normalized spacial score (nSPS) is 13.9. The van der Waals surface area contributed by atoms with Crippen LogP contribution in [-0.2, 0) is 0 Å². The number of pyridine rings is 3. The van der Waals surface area contributed by atoms with Crippen LogP contribution in [0.15, 0.2) is 67.1 Å². The number of aromatic nitrogens is 6. The van der Waals surface area contributed by atoms with E-state index in [1.54, 1.807) is 6.20 Å². The Morgan fingerprint density at radius 1 is 1.02 bits per heavy atom. The molecule has 6 aromatic rings. The molecule has 0 saturated carbocycles. The molecule has 0 unspecified atom stereocenters. The van der Waals surface area contributed by atoms with E-state index in [2.05, 4.69) is 49.2 Å². The summed E-state index contributed by atoms with van der Waals surface area (Å²) in [6, 6.07) is 15.0. The van der Waals surface area contributed by atoms with Gasteiger partial charge in [0.05, 0.1) is 22.6 Å². The van der Waals surface area contributed by atoms with Crippen LogP contribution in [0.5, 0.6) is 5.75 Å². The van der Waals surface area contributed by atoms with Crippen LogP contribution in [-0.4, -0.2) is 67.3 Å². The van der Waals surface area contributed by atoms with Gasteiger partial charge in [0, 0.05) is 48.2 Å². The monoisotopic (exact) mass is 576 g/mol. The van der Waals surface area contributed by atoms with Crippen molar-refractivity contribution < 1.29 is 9.13 Å². The lowest BCUT2D eigenvalue weighted by Crippen LogP contribution is -2.25. The van der Waals surface area contributed by atoms with Crippen LogP contribution in [0.2, 0.25) is 0 Å². The number of aromatic amines is 2. The van der Waals surface area contributed by atoms with E-state index in [1.165, 1.54) is 25.0 Å². The third kappa shape index (κ3) is 5.65. The lowest BCUT2D eigenvalue weighted by Gasteiger charge is -2.15. The molecule has 0 radical (unpaired) electrons. The quantitative estimate of drug-likeness (QED) is 0.177. The van der Waals surface area contributed by atoms with Crippen LogP contribution in [0.3, 0.4) is 0 Å². The van der Waals surface area contributed by atoms with Gasteiger partial charge in [-0.3, -0.25) is 15.0 Å². The number of hydrogen-bond donors (Lipinski definition) is 3. The molecule has 5 aromatic heterocycles. The average Bonchev–Trinajstić information content (AvgIpc) is 3.76. The van der Waals surface area contributed by atoms with Crippen molar-refractivity contribution in [3.63, 3.8) is 0 Å². The zero-order chi connectivity index (χ0) is 29.3. The largest absolute Gasteiger partial charge is 0.492 e. The maximum atomic E-state index is 14.8. The summed E-state index contributed by atoms with van der Waals surface area (Å²) < 4.78 is 20.7. The number of fused-ring (bicyclic) bond motifs is 2. The zero-order valence-electron chi connectivity index (χ0n) is 24.2. The van der Waals surface area contributed by atoms with Crippen molar-refractivity contribution in [2.75, 3.05) is 31.6 Å². The minimum Gasteiger partial charge on any atom is -0.492 e. The highest BCUT2D eigenvalue weighted by Gasteiger charge is 2.17. The second-order valence-corrected chi connectivity index (χ2v) is 11.3. The molecule has 0 spiro atoms. The molecular weight excluding hydrogens is 543 g/mol. The summed E-state index contributed by atoms with van der Waals surface area (Å²) in [6.07, 6.45) is 7.80. The van der Waals surface area contributed by atoms with Crippen molar-refractivity contribution in [2.45, 2.75) is 32.7 Å². The van der Waals surface area contributed by atoms with Crippen molar-refractivity contribution in [1.82, 2.24) is 35.0 Å². The summed E-state index contributed by atoms with van der Waals surface area (Å²) in [6.45, 7) is 7.75. The number of nitrogens with one attached hydrogen (secondary N) is 3. The number of likely N-dealkylation sites (tertiary alicyclic amines) is 1. The molecule has 7 rings (SSSR count). The van der Waals surface area contributed by atoms with Gasteiger partial charge < -0.3 is 15.0 Å². The number of ether oxygens (including phenoxy) is 1. The van der Waals surface area contributed by atoms with Crippen LogP contribution >= 0.6 is 0 Å². The number of hydrogen-bond acceptors (Lipinski definition) is 7. The van der Waals surface area contributed by atoms with E-state index in [1.807, 2.05) is 48.8 Å². The molecule has 1 aliphatic heterocycles. The molecule has 0 amide bonds. The Bertz CT molecular complexity index is 1910. The van der Waals surface area contributed by atoms with Gasteiger partial charge in [-0.2, -0.15) is 5.10 Å². The molecule has 1 fully saturated rings. The molecule has 3 N–H and O–H groups in total. The molecule has 43 heavy (non-hydrogen) atoms. The standard InChI is InChI=1S/C33H33FN8O/c1-20(2)37-24-14-22(18-35-19-24)28-5-6-29-31(38-28)32(41-40-29)30-17-27-26(7-8-36-33(27)39-30)21-13-23(34)16-25(15-21)43-12-11-42-9-3-4-10-42/h5-8,13-20,37H,3-4,9-12H2,1-2H3,(H,36,39)(H,40,41). The first-order valence-corrected chi connectivity index (χ1v) is 14.7. The second-order valence-electron chi connectivity index (χ2n) is 11.3.